The highest BCUT2D eigenvalue weighted by Gasteiger charge is 2.57. The zero-order chi connectivity index (χ0) is 32.1. The van der Waals surface area contributed by atoms with Crippen molar-refractivity contribution < 1.29 is 46.2 Å². The third-order valence-electron chi connectivity index (χ3n) is 7.14. The molecule has 1 aliphatic rings. The third-order valence-corrected chi connectivity index (χ3v) is 7.14. The van der Waals surface area contributed by atoms with E-state index in [0.29, 0.717) is 22.4 Å². The molecule has 8 nitrogen and oxygen atoms in total. The fourth-order valence-electron chi connectivity index (χ4n) is 4.65. The van der Waals surface area contributed by atoms with Crippen LogP contribution in [0.4, 0.5) is 27.6 Å². The second-order valence-electron chi connectivity index (χ2n) is 10.3. The standard InChI is InChI=1S/C31H30F5N3O5/c1-29(43,27(41)37-16-15-30(32,33)31(34,35)36)28(42)38-25-23-13-6-5-11-21(23)22-12-7-8-14-24(22)39(26(25)40)17-18-44-19-20-9-3-2-4-10-20/h2-14,25,43H,15-19H2,1H3,(H,37,41)(H,38,42)/t25?,29-/m0/s1. The van der Waals surface area contributed by atoms with Gasteiger partial charge in [-0.3, -0.25) is 14.4 Å². The van der Waals surface area contributed by atoms with Crippen molar-refractivity contribution in [1.82, 2.24) is 10.6 Å². The molecule has 0 radical (unpaired) electrons. The topological polar surface area (TPSA) is 108 Å². The summed E-state index contributed by atoms with van der Waals surface area (Å²) in [5.41, 5.74) is 0.146. The highest BCUT2D eigenvalue weighted by Crippen LogP contribution is 2.40. The Morgan fingerprint density at radius 3 is 2.18 bits per heavy atom. The fourth-order valence-corrected chi connectivity index (χ4v) is 4.65. The second kappa shape index (κ2) is 13.1. The molecule has 0 bridgehead atoms. The van der Waals surface area contributed by atoms with Crippen molar-refractivity contribution >= 4 is 23.4 Å². The smallest absolute Gasteiger partial charge is 0.375 e. The first kappa shape index (κ1) is 32.6. The summed E-state index contributed by atoms with van der Waals surface area (Å²) in [6.07, 6.45) is -7.63. The number of benzene rings is 3. The Bertz CT molecular complexity index is 1500. The molecule has 0 saturated carbocycles. The van der Waals surface area contributed by atoms with Gasteiger partial charge in [0, 0.05) is 25.1 Å². The number of fused-ring (bicyclic) bond motifs is 3. The molecule has 3 amide bonds. The highest BCUT2D eigenvalue weighted by molar-refractivity contribution is 6.11. The van der Waals surface area contributed by atoms with Crippen LogP contribution in [0.25, 0.3) is 11.1 Å². The molecule has 13 heteroatoms. The Hall–Kier alpha value is -4.36. The zero-order valence-electron chi connectivity index (χ0n) is 23.5. The van der Waals surface area contributed by atoms with Gasteiger partial charge in [-0.05, 0) is 29.7 Å². The average molecular weight is 620 g/mol. The molecule has 1 heterocycles. The van der Waals surface area contributed by atoms with Gasteiger partial charge in [-0.15, -0.1) is 0 Å². The van der Waals surface area contributed by atoms with Gasteiger partial charge in [0.2, 0.25) is 5.60 Å². The van der Waals surface area contributed by atoms with E-state index < -0.39 is 54.4 Å². The summed E-state index contributed by atoms with van der Waals surface area (Å²) in [6, 6.07) is 21.7. The molecule has 0 spiro atoms. The molecule has 2 atom stereocenters. The number of nitrogens with zero attached hydrogens (tertiary/aromatic N) is 1. The lowest BCUT2D eigenvalue weighted by Gasteiger charge is -2.29. The van der Waals surface area contributed by atoms with Crippen molar-refractivity contribution in [2.24, 2.45) is 0 Å². The molecule has 3 N–H and O–H groups in total. The third kappa shape index (κ3) is 7.05. The maximum absolute atomic E-state index is 14.0. The van der Waals surface area contributed by atoms with Crippen LogP contribution in [-0.2, 0) is 25.7 Å². The second-order valence-corrected chi connectivity index (χ2v) is 10.3. The van der Waals surface area contributed by atoms with Gasteiger partial charge in [0.15, 0.2) is 0 Å². The molecule has 234 valence electrons. The van der Waals surface area contributed by atoms with E-state index in [-0.39, 0.29) is 19.8 Å². The Labute approximate surface area is 249 Å². The van der Waals surface area contributed by atoms with Crippen LogP contribution in [-0.4, -0.2) is 60.2 Å². The molecule has 0 fully saturated rings. The van der Waals surface area contributed by atoms with Crippen LogP contribution in [0.5, 0.6) is 0 Å². The normalized spacial score (nSPS) is 16.3. The van der Waals surface area contributed by atoms with Crippen LogP contribution >= 0.6 is 0 Å². The number of para-hydroxylation sites is 1. The molecule has 1 unspecified atom stereocenters. The SMILES string of the molecule is C[C@](O)(C(=O)NCCC(F)(F)C(F)(F)F)C(=O)NC1C(=O)N(CCOCc2ccccc2)c2ccccc2-c2ccccc21. The van der Waals surface area contributed by atoms with E-state index in [1.165, 1.54) is 4.90 Å². The van der Waals surface area contributed by atoms with Crippen molar-refractivity contribution in [3.05, 3.63) is 90.0 Å². The van der Waals surface area contributed by atoms with Crippen molar-refractivity contribution in [1.29, 1.82) is 0 Å². The first-order chi connectivity index (χ1) is 20.7. The summed E-state index contributed by atoms with van der Waals surface area (Å²) in [5, 5.41) is 14.8. The van der Waals surface area contributed by atoms with Crippen molar-refractivity contribution in [2.45, 2.75) is 43.7 Å². The van der Waals surface area contributed by atoms with E-state index >= 15 is 0 Å². The van der Waals surface area contributed by atoms with Crippen LogP contribution in [0, 0.1) is 0 Å². The van der Waals surface area contributed by atoms with Crippen LogP contribution in [0.2, 0.25) is 0 Å². The molecule has 0 aromatic heterocycles. The summed E-state index contributed by atoms with van der Waals surface area (Å²) in [4.78, 5) is 41.2. The molecule has 3 aromatic rings. The molecular formula is C31H30F5N3O5. The van der Waals surface area contributed by atoms with Crippen LogP contribution in [0.3, 0.4) is 0 Å². The lowest BCUT2D eigenvalue weighted by molar-refractivity contribution is -0.283. The lowest BCUT2D eigenvalue weighted by Crippen LogP contribution is -2.57. The summed E-state index contributed by atoms with van der Waals surface area (Å²) in [7, 11) is 0. The number of hydrogen-bond acceptors (Lipinski definition) is 5. The predicted octanol–water partition coefficient (Wildman–Crippen LogP) is 4.53. The van der Waals surface area contributed by atoms with Gasteiger partial charge >= 0.3 is 12.1 Å². The van der Waals surface area contributed by atoms with Crippen molar-refractivity contribution in [3.63, 3.8) is 0 Å². The number of halogens is 5. The van der Waals surface area contributed by atoms with E-state index in [1.807, 2.05) is 30.3 Å². The number of amides is 3. The van der Waals surface area contributed by atoms with E-state index in [1.54, 1.807) is 53.8 Å². The molecule has 0 aliphatic carbocycles. The van der Waals surface area contributed by atoms with Crippen molar-refractivity contribution in [3.8, 4) is 11.1 Å². The number of aliphatic hydroxyl groups is 1. The van der Waals surface area contributed by atoms with Gasteiger partial charge in [-0.1, -0.05) is 72.8 Å². The Morgan fingerprint density at radius 2 is 1.50 bits per heavy atom. The van der Waals surface area contributed by atoms with E-state index in [2.05, 4.69) is 5.32 Å². The Kier molecular flexibility index (Phi) is 9.69. The minimum Gasteiger partial charge on any atom is -0.375 e. The maximum atomic E-state index is 14.0. The largest absolute Gasteiger partial charge is 0.453 e. The van der Waals surface area contributed by atoms with E-state index in [0.717, 1.165) is 12.5 Å². The van der Waals surface area contributed by atoms with Crippen LogP contribution in [0.1, 0.15) is 30.5 Å². The number of nitrogens with one attached hydrogen (secondary N) is 2. The minimum absolute atomic E-state index is 0.0767. The Morgan fingerprint density at radius 1 is 0.886 bits per heavy atom. The minimum atomic E-state index is -5.83. The fraction of sp³-hybridized carbons (Fsp3) is 0.323. The summed E-state index contributed by atoms with van der Waals surface area (Å²) in [5.74, 6) is -8.58. The highest BCUT2D eigenvalue weighted by atomic mass is 19.4. The average Bonchev–Trinajstić information content (AvgIpc) is 3.08. The van der Waals surface area contributed by atoms with Crippen LogP contribution < -0.4 is 15.5 Å². The molecule has 3 aromatic carbocycles. The van der Waals surface area contributed by atoms with Gasteiger partial charge in [-0.2, -0.15) is 22.0 Å². The first-order valence-corrected chi connectivity index (χ1v) is 13.6. The molecule has 4 rings (SSSR count). The number of ether oxygens (including phenoxy) is 1. The molecule has 44 heavy (non-hydrogen) atoms. The molecule has 1 aliphatic heterocycles. The van der Waals surface area contributed by atoms with Gasteiger partial charge in [0.25, 0.3) is 17.7 Å². The van der Waals surface area contributed by atoms with Gasteiger partial charge < -0.3 is 25.4 Å². The van der Waals surface area contributed by atoms with Crippen LogP contribution in [0.15, 0.2) is 78.9 Å². The quantitative estimate of drug-likeness (QED) is 0.166. The number of carbonyl (C=O) groups excluding carboxylic acids is 3. The van der Waals surface area contributed by atoms with Gasteiger partial charge in [-0.25, -0.2) is 0 Å². The summed E-state index contributed by atoms with van der Waals surface area (Å²) < 4.78 is 69.7. The zero-order valence-corrected chi connectivity index (χ0v) is 23.5. The van der Waals surface area contributed by atoms with Gasteiger partial charge in [0.1, 0.15) is 6.04 Å². The maximum Gasteiger partial charge on any atom is 0.453 e. The molecule has 0 saturated heterocycles. The van der Waals surface area contributed by atoms with E-state index in [9.17, 15) is 41.4 Å². The lowest BCUT2D eigenvalue weighted by atomic mass is 9.94. The Balaban J connectivity index is 1.54. The predicted molar refractivity (Wildman–Crippen MR) is 150 cm³/mol. The monoisotopic (exact) mass is 619 g/mol. The number of carbonyl (C=O) groups is 3. The first-order valence-electron chi connectivity index (χ1n) is 13.6. The van der Waals surface area contributed by atoms with Crippen molar-refractivity contribution in [2.75, 3.05) is 24.6 Å². The number of anilines is 1. The summed E-state index contributed by atoms with van der Waals surface area (Å²) in [6.45, 7) is 0.0579. The summed E-state index contributed by atoms with van der Waals surface area (Å²) >= 11 is 0. The number of alkyl halides is 5. The van der Waals surface area contributed by atoms with E-state index in [4.69, 9.17) is 4.74 Å². The number of hydrogen-bond donors (Lipinski definition) is 3. The number of rotatable bonds is 11. The molecular weight excluding hydrogens is 589 g/mol. The van der Waals surface area contributed by atoms with Gasteiger partial charge in [0.05, 0.1) is 18.9 Å².